The lowest BCUT2D eigenvalue weighted by Crippen LogP contribution is -2.43. The van der Waals surface area contributed by atoms with E-state index in [2.05, 4.69) is 5.32 Å². The summed E-state index contributed by atoms with van der Waals surface area (Å²) < 4.78 is 24.5. The second kappa shape index (κ2) is 7.61. The molecule has 2 rings (SSSR count). The van der Waals surface area contributed by atoms with Crippen molar-refractivity contribution in [2.24, 2.45) is 5.92 Å². The average molecular weight is 316 g/mol. The second-order valence-electron chi connectivity index (χ2n) is 5.08. The Hall–Kier alpha value is -1.34. The number of carbonyl (C=O) groups excluding carboxylic acids is 2. The van der Waals surface area contributed by atoms with Crippen molar-refractivity contribution in [3.05, 3.63) is 22.4 Å². The Kier molecular flexibility index (Phi) is 5.81. The fourth-order valence-corrected chi connectivity index (χ4v) is 3.07. The number of hydrogen-bond donors (Lipinski definition) is 1. The smallest absolute Gasteiger partial charge is 0.251 e. The quantitative estimate of drug-likeness (QED) is 0.817. The summed E-state index contributed by atoms with van der Waals surface area (Å²) in [5.74, 6) is -0.444. The molecule has 7 heteroatoms. The van der Waals surface area contributed by atoms with Gasteiger partial charge >= 0.3 is 0 Å². The highest BCUT2D eigenvalue weighted by atomic mass is 32.1. The molecule has 0 aliphatic carbocycles. The molecule has 116 valence electrons. The molecule has 1 aromatic heterocycles. The zero-order chi connectivity index (χ0) is 15.2. The predicted molar refractivity (Wildman–Crippen MR) is 76.8 cm³/mol. The SMILES string of the molecule is O=C(CNC(=O)C1CCN(CC(F)F)CC1)c1cccs1. The van der Waals surface area contributed by atoms with Gasteiger partial charge in [0.05, 0.1) is 18.0 Å². The Balaban J connectivity index is 1.71. The number of ketones is 1. The monoisotopic (exact) mass is 316 g/mol. The summed E-state index contributed by atoms with van der Waals surface area (Å²) in [7, 11) is 0. The highest BCUT2D eigenvalue weighted by Gasteiger charge is 2.26. The van der Waals surface area contributed by atoms with Crippen LogP contribution in [0.1, 0.15) is 22.5 Å². The maximum Gasteiger partial charge on any atom is 0.251 e. The van der Waals surface area contributed by atoms with Crippen LogP contribution in [-0.4, -0.2) is 49.2 Å². The molecule has 1 fully saturated rings. The van der Waals surface area contributed by atoms with E-state index < -0.39 is 6.43 Å². The van der Waals surface area contributed by atoms with E-state index in [0.29, 0.717) is 30.8 Å². The van der Waals surface area contributed by atoms with E-state index in [-0.39, 0.29) is 30.7 Å². The van der Waals surface area contributed by atoms with Crippen LogP contribution in [0.2, 0.25) is 0 Å². The van der Waals surface area contributed by atoms with Crippen molar-refractivity contribution in [2.45, 2.75) is 19.3 Å². The number of halogens is 2. The normalized spacial score (nSPS) is 17.1. The molecule has 0 aromatic carbocycles. The first-order valence-electron chi connectivity index (χ1n) is 6.91. The summed E-state index contributed by atoms with van der Waals surface area (Å²) >= 11 is 1.35. The first kappa shape index (κ1) is 16.0. The number of alkyl halides is 2. The number of carbonyl (C=O) groups is 2. The van der Waals surface area contributed by atoms with Crippen molar-refractivity contribution in [3.63, 3.8) is 0 Å². The van der Waals surface area contributed by atoms with Gasteiger partial charge in [-0.3, -0.25) is 14.5 Å². The number of hydrogen-bond acceptors (Lipinski definition) is 4. The van der Waals surface area contributed by atoms with Crippen molar-refractivity contribution in [1.29, 1.82) is 0 Å². The van der Waals surface area contributed by atoms with Gasteiger partial charge in [-0.15, -0.1) is 11.3 Å². The molecule has 0 saturated carbocycles. The molecule has 4 nitrogen and oxygen atoms in total. The number of Topliss-reactive ketones (excluding diaryl/α,β-unsaturated/α-hetero) is 1. The zero-order valence-electron chi connectivity index (χ0n) is 11.6. The van der Waals surface area contributed by atoms with Crippen molar-refractivity contribution in [1.82, 2.24) is 10.2 Å². The van der Waals surface area contributed by atoms with E-state index in [1.54, 1.807) is 17.0 Å². The van der Waals surface area contributed by atoms with E-state index in [1.807, 2.05) is 5.38 Å². The highest BCUT2D eigenvalue weighted by Crippen LogP contribution is 2.18. The Bertz CT molecular complexity index is 471. The third-order valence-corrected chi connectivity index (χ3v) is 4.48. The summed E-state index contributed by atoms with van der Waals surface area (Å²) in [4.78, 5) is 26.0. The van der Waals surface area contributed by atoms with Crippen molar-refractivity contribution >= 4 is 23.0 Å². The summed E-state index contributed by atoms with van der Waals surface area (Å²) in [6.45, 7) is 0.768. The van der Waals surface area contributed by atoms with E-state index in [1.165, 1.54) is 11.3 Å². The van der Waals surface area contributed by atoms with Crippen molar-refractivity contribution < 1.29 is 18.4 Å². The summed E-state index contributed by atoms with van der Waals surface area (Å²) in [5, 5.41) is 4.46. The molecule has 0 unspecified atom stereocenters. The van der Waals surface area contributed by atoms with Crippen LogP contribution in [0.5, 0.6) is 0 Å². The van der Waals surface area contributed by atoms with Gasteiger partial charge in [0, 0.05) is 5.92 Å². The van der Waals surface area contributed by atoms with Crippen molar-refractivity contribution in [3.8, 4) is 0 Å². The summed E-state index contributed by atoms with van der Waals surface area (Å²) in [6, 6.07) is 3.51. The number of nitrogens with one attached hydrogen (secondary N) is 1. The van der Waals surface area contributed by atoms with E-state index in [9.17, 15) is 18.4 Å². The van der Waals surface area contributed by atoms with Crippen LogP contribution < -0.4 is 5.32 Å². The molecule has 21 heavy (non-hydrogen) atoms. The number of amides is 1. The lowest BCUT2D eigenvalue weighted by molar-refractivity contribution is -0.126. The van der Waals surface area contributed by atoms with Crippen LogP contribution in [-0.2, 0) is 4.79 Å². The predicted octanol–water partition coefficient (Wildman–Crippen LogP) is 2.02. The minimum Gasteiger partial charge on any atom is -0.348 e. The number of thiophene rings is 1. The highest BCUT2D eigenvalue weighted by molar-refractivity contribution is 7.12. The minimum atomic E-state index is -2.33. The van der Waals surface area contributed by atoms with Gasteiger partial charge in [0.2, 0.25) is 5.91 Å². The average Bonchev–Trinajstić information content (AvgIpc) is 2.99. The molecule has 1 aliphatic heterocycles. The number of piperidine rings is 1. The molecule has 2 heterocycles. The molecule has 0 bridgehead atoms. The lowest BCUT2D eigenvalue weighted by Gasteiger charge is -2.30. The molecular weight excluding hydrogens is 298 g/mol. The largest absolute Gasteiger partial charge is 0.348 e. The minimum absolute atomic E-state index is 0.00338. The molecule has 1 amide bonds. The lowest BCUT2D eigenvalue weighted by atomic mass is 9.96. The maximum absolute atomic E-state index is 12.3. The topological polar surface area (TPSA) is 49.4 Å². The number of likely N-dealkylation sites (tertiary alicyclic amines) is 1. The second-order valence-corrected chi connectivity index (χ2v) is 6.03. The van der Waals surface area contributed by atoms with Gasteiger partial charge in [0.1, 0.15) is 0 Å². The molecule has 1 N–H and O–H groups in total. The van der Waals surface area contributed by atoms with Crippen LogP contribution in [0.3, 0.4) is 0 Å². The van der Waals surface area contributed by atoms with Gasteiger partial charge in [-0.1, -0.05) is 6.07 Å². The zero-order valence-corrected chi connectivity index (χ0v) is 12.4. The van der Waals surface area contributed by atoms with Gasteiger partial charge in [-0.05, 0) is 37.4 Å². The first-order chi connectivity index (χ1) is 10.1. The van der Waals surface area contributed by atoms with Gasteiger partial charge in [0.15, 0.2) is 5.78 Å². The van der Waals surface area contributed by atoms with Crippen molar-refractivity contribution in [2.75, 3.05) is 26.2 Å². The molecule has 1 aromatic rings. The fourth-order valence-electron chi connectivity index (χ4n) is 2.41. The summed E-state index contributed by atoms with van der Waals surface area (Å²) in [5.41, 5.74) is 0. The maximum atomic E-state index is 12.3. The molecular formula is C14H18F2N2O2S. The van der Waals surface area contributed by atoms with Gasteiger partial charge < -0.3 is 5.32 Å². The van der Waals surface area contributed by atoms with Gasteiger partial charge in [-0.2, -0.15) is 0 Å². The molecule has 1 saturated heterocycles. The molecule has 0 atom stereocenters. The van der Waals surface area contributed by atoms with Crippen LogP contribution in [0.4, 0.5) is 8.78 Å². The number of nitrogens with zero attached hydrogens (tertiary/aromatic N) is 1. The Labute approximate surface area is 126 Å². The standard InChI is InChI=1S/C14H18F2N2O2S/c15-13(16)9-18-5-3-10(4-6-18)14(20)17-8-11(19)12-2-1-7-21-12/h1-2,7,10,13H,3-6,8-9H2,(H,17,20). The Morgan fingerprint density at radius 2 is 2.10 bits per heavy atom. The third-order valence-electron chi connectivity index (χ3n) is 3.57. The van der Waals surface area contributed by atoms with Gasteiger partial charge in [0.25, 0.3) is 6.43 Å². The van der Waals surface area contributed by atoms with Crippen LogP contribution >= 0.6 is 11.3 Å². The molecule has 0 radical (unpaired) electrons. The van der Waals surface area contributed by atoms with E-state index in [4.69, 9.17) is 0 Å². The van der Waals surface area contributed by atoms with Crippen LogP contribution in [0.25, 0.3) is 0 Å². The van der Waals surface area contributed by atoms with E-state index in [0.717, 1.165) is 0 Å². The Morgan fingerprint density at radius 3 is 2.67 bits per heavy atom. The molecule has 0 spiro atoms. The van der Waals surface area contributed by atoms with Crippen LogP contribution in [0, 0.1) is 5.92 Å². The molecule has 1 aliphatic rings. The number of rotatable bonds is 6. The van der Waals surface area contributed by atoms with Gasteiger partial charge in [-0.25, -0.2) is 8.78 Å². The summed E-state index contributed by atoms with van der Waals surface area (Å²) in [6.07, 6.45) is -1.21. The van der Waals surface area contributed by atoms with Crippen LogP contribution in [0.15, 0.2) is 17.5 Å². The Morgan fingerprint density at radius 1 is 1.38 bits per heavy atom. The third kappa shape index (κ3) is 4.86. The first-order valence-corrected chi connectivity index (χ1v) is 7.79. The fraction of sp³-hybridized carbons (Fsp3) is 0.571. The van der Waals surface area contributed by atoms with E-state index >= 15 is 0 Å².